The maximum atomic E-state index is 13.6. The van der Waals surface area contributed by atoms with E-state index in [1.807, 2.05) is 30.3 Å². The highest BCUT2D eigenvalue weighted by molar-refractivity contribution is 7.97. The summed E-state index contributed by atoms with van der Waals surface area (Å²) < 4.78 is 29.6. The number of carbonyl (C=O) groups excluding carboxylic acids is 1. The Kier molecular flexibility index (Phi) is 6.80. The zero-order valence-electron chi connectivity index (χ0n) is 15.3. The van der Waals surface area contributed by atoms with E-state index in [4.69, 9.17) is 5.26 Å². The van der Waals surface area contributed by atoms with Gasteiger partial charge in [-0.25, -0.2) is 13.8 Å². The number of alkyl halides is 2. The van der Waals surface area contributed by atoms with Crippen LogP contribution in [0.3, 0.4) is 0 Å². The number of aromatic nitrogens is 1. The topological polar surface area (TPSA) is 69.0 Å². The van der Waals surface area contributed by atoms with Crippen LogP contribution in [-0.4, -0.2) is 17.1 Å². The molecule has 3 rings (SSSR count). The Morgan fingerprint density at radius 1 is 1.24 bits per heavy atom. The van der Waals surface area contributed by atoms with Crippen molar-refractivity contribution in [1.29, 1.82) is 5.26 Å². The van der Waals surface area contributed by atoms with Crippen LogP contribution in [0.1, 0.15) is 32.9 Å². The molecule has 0 spiro atoms. The number of thiazole rings is 1. The van der Waals surface area contributed by atoms with Gasteiger partial charge in [0.25, 0.3) is 12.3 Å². The third kappa shape index (κ3) is 4.91. The molecular weight excluding hydrogens is 414 g/mol. The molecule has 0 fully saturated rings. The number of benzene rings is 2. The third-order valence-corrected chi connectivity index (χ3v) is 5.45. The Hall–Kier alpha value is -2.96. The lowest BCUT2D eigenvalue weighted by Crippen LogP contribution is -2.19. The molecule has 0 aliphatic heterocycles. The first-order chi connectivity index (χ1) is 14.0. The van der Waals surface area contributed by atoms with Crippen molar-refractivity contribution in [2.45, 2.75) is 13.0 Å². The van der Waals surface area contributed by atoms with Crippen molar-refractivity contribution in [3.63, 3.8) is 0 Å². The molecule has 1 amide bonds. The van der Waals surface area contributed by atoms with Gasteiger partial charge >= 0.3 is 0 Å². The van der Waals surface area contributed by atoms with Gasteiger partial charge in [-0.1, -0.05) is 53.6 Å². The first-order valence-electron chi connectivity index (χ1n) is 8.47. The number of amides is 1. The second-order valence-electron chi connectivity index (χ2n) is 5.88. The van der Waals surface area contributed by atoms with Crippen LogP contribution < -0.4 is 9.62 Å². The molecule has 29 heavy (non-hydrogen) atoms. The van der Waals surface area contributed by atoms with Gasteiger partial charge in [0.2, 0.25) is 0 Å². The predicted molar refractivity (Wildman–Crippen MR) is 111 cm³/mol. The van der Waals surface area contributed by atoms with E-state index in [1.54, 1.807) is 35.4 Å². The lowest BCUT2D eigenvalue weighted by atomic mass is 10.2. The minimum absolute atomic E-state index is 0.277. The van der Waals surface area contributed by atoms with Gasteiger partial charge < -0.3 is 4.90 Å². The molecule has 9 heteroatoms. The average molecular weight is 431 g/mol. The molecule has 0 saturated carbocycles. The first kappa shape index (κ1) is 20.8. The second kappa shape index (κ2) is 9.49. The summed E-state index contributed by atoms with van der Waals surface area (Å²) in [6.45, 7) is 0.368. The highest BCUT2D eigenvalue weighted by Crippen LogP contribution is 2.37. The van der Waals surface area contributed by atoms with Gasteiger partial charge in [-0.15, -0.1) is 0 Å². The van der Waals surface area contributed by atoms with Crippen LogP contribution in [-0.2, 0) is 6.54 Å². The number of nitrogens with zero attached hydrogens (tertiary/aromatic N) is 3. The minimum atomic E-state index is -2.82. The molecule has 1 N–H and O–H groups in total. The smallest absolute Gasteiger partial charge is 0.281 e. The summed E-state index contributed by atoms with van der Waals surface area (Å²) in [6, 6.07) is 18.3. The van der Waals surface area contributed by atoms with E-state index < -0.39 is 12.3 Å². The van der Waals surface area contributed by atoms with Crippen LogP contribution in [0.15, 0.2) is 54.6 Å². The Morgan fingerprint density at radius 2 is 1.93 bits per heavy atom. The summed E-state index contributed by atoms with van der Waals surface area (Å²) in [7, 11) is 0. The van der Waals surface area contributed by atoms with E-state index >= 15 is 0 Å². The highest BCUT2D eigenvalue weighted by Gasteiger charge is 2.27. The summed E-state index contributed by atoms with van der Waals surface area (Å²) in [5.41, 5.74) is 1.84. The molecule has 0 radical (unpaired) electrons. The fourth-order valence-electron chi connectivity index (χ4n) is 2.64. The van der Waals surface area contributed by atoms with Crippen LogP contribution >= 0.6 is 23.3 Å². The normalized spacial score (nSPS) is 10.6. The fraction of sp³-hybridized carbons (Fsp3) is 0.150. The SMILES string of the molecule is CSNC(=O)c1nc(N(Cc2ccccc2)c2ccc(C#N)cc2)sc1C(F)F. The lowest BCUT2D eigenvalue weighted by molar-refractivity contribution is 0.0968. The van der Waals surface area contributed by atoms with E-state index in [0.717, 1.165) is 28.8 Å². The Labute approximate surface area is 175 Å². The van der Waals surface area contributed by atoms with Crippen molar-refractivity contribution in [3.05, 3.63) is 76.3 Å². The van der Waals surface area contributed by atoms with Gasteiger partial charge in [-0.2, -0.15) is 5.26 Å². The monoisotopic (exact) mass is 430 g/mol. The van der Waals surface area contributed by atoms with Crippen molar-refractivity contribution in [1.82, 2.24) is 9.71 Å². The van der Waals surface area contributed by atoms with Crippen LogP contribution in [0.25, 0.3) is 0 Å². The number of anilines is 2. The van der Waals surface area contributed by atoms with Crippen molar-refractivity contribution in [2.24, 2.45) is 0 Å². The molecule has 3 aromatic rings. The van der Waals surface area contributed by atoms with Gasteiger partial charge in [0.05, 0.1) is 18.2 Å². The zero-order valence-corrected chi connectivity index (χ0v) is 16.9. The molecule has 5 nitrogen and oxygen atoms in total. The number of rotatable bonds is 7. The number of halogens is 2. The molecule has 1 aromatic heterocycles. The van der Waals surface area contributed by atoms with E-state index in [1.165, 1.54) is 0 Å². The van der Waals surface area contributed by atoms with Gasteiger partial charge in [-0.05, 0) is 29.8 Å². The fourth-order valence-corrected chi connectivity index (χ4v) is 3.86. The highest BCUT2D eigenvalue weighted by atomic mass is 32.2. The largest absolute Gasteiger partial charge is 0.313 e. The summed E-state index contributed by atoms with van der Waals surface area (Å²) in [6.07, 6.45) is -1.19. The number of nitriles is 1. The van der Waals surface area contributed by atoms with Crippen molar-refractivity contribution in [2.75, 3.05) is 11.2 Å². The quantitative estimate of drug-likeness (QED) is 0.515. The van der Waals surface area contributed by atoms with Crippen LogP contribution in [0.2, 0.25) is 0 Å². The standard InChI is InChI=1S/C20H16F2N4OS2/c1-28-25-19(27)16-17(18(21)22)29-20(24-16)26(12-14-5-3-2-4-6-14)15-9-7-13(11-23)8-10-15/h2-10,18H,12H2,1H3,(H,25,27). The molecular formula is C20H16F2N4OS2. The Bertz CT molecular complexity index is 1020. The number of hydrogen-bond acceptors (Lipinski definition) is 6. The number of nitrogens with one attached hydrogen (secondary N) is 1. The molecule has 148 valence electrons. The maximum absolute atomic E-state index is 13.6. The van der Waals surface area contributed by atoms with Gasteiger partial charge in [0.15, 0.2) is 10.8 Å². The maximum Gasteiger partial charge on any atom is 0.281 e. The molecule has 0 atom stereocenters. The van der Waals surface area contributed by atoms with E-state index in [2.05, 4.69) is 15.8 Å². The van der Waals surface area contributed by atoms with Gasteiger partial charge in [0.1, 0.15) is 4.88 Å². The molecule has 2 aromatic carbocycles. The molecule has 0 bridgehead atoms. The first-order valence-corrected chi connectivity index (χ1v) is 10.5. The summed E-state index contributed by atoms with van der Waals surface area (Å²) in [5, 5.41) is 9.31. The van der Waals surface area contributed by atoms with Gasteiger partial charge in [0, 0.05) is 11.9 Å². The predicted octanol–water partition coefficient (Wildman–Crippen LogP) is 5.30. The third-order valence-electron chi connectivity index (χ3n) is 3.97. The van der Waals surface area contributed by atoms with E-state index in [9.17, 15) is 13.6 Å². The second-order valence-corrected chi connectivity index (χ2v) is 7.50. The Morgan fingerprint density at radius 3 is 2.52 bits per heavy atom. The van der Waals surface area contributed by atoms with Crippen LogP contribution in [0.4, 0.5) is 19.6 Å². The molecule has 0 aliphatic carbocycles. The minimum Gasteiger partial charge on any atom is -0.313 e. The van der Waals surface area contributed by atoms with Crippen molar-refractivity contribution in [3.8, 4) is 6.07 Å². The lowest BCUT2D eigenvalue weighted by Gasteiger charge is -2.22. The Balaban J connectivity index is 2.06. The van der Waals surface area contributed by atoms with Gasteiger partial charge in [-0.3, -0.25) is 9.52 Å². The molecule has 1 heterocycles. The van der Waals surface area contributed by atoms with Crippen molar-refractivity contribution >= 4 is 40.0 Å². The molecule has 0 aliphatic rings. The zero-order chi connectivity index (χ0) is 20.8. The van der Waals surface area contributed by atoms with E-state index in [-0.39, 0.29) is 15.7 Å². The van der Waals surface area contributed by atoms with Crippen LogP contribution in [0.5, 0.6) is 0 Å². The summed E-state index contributed by atoms with van der Waals surface area (Å²) in [5.74, 6) is -0.658. The molecule has 0 unspecified atom stereocenters. The number of carbonyl (C=O) groups is 1. The van der Waals surface area contributed by atoms with Crippen LogP contribution in [0, 0.1) is 11.3 Å². The number of hydrogen-bond donors (Lipinski definition) is 1. The average Bonchev–Trinajstić information content (AvgIpc) is 3.19. The van der Waals surface area contributed by atoms with E-state index in [0.29, 0.717) is 17.8 Å². The van der Waals surface area contributed by atoms with Crippen molar-refractivity contribution < 1.29 is 13.6 Å². The molecule has 0 saturated heterocycles. The summed E-state index contributed by atoms with van der Waals surface area (Å²) in [4.78, 5) is 17.8. The summed E-state index contributed by atoms with van der Waals surface area (Å²) >= 11 is 1.81.